The van der Waals surface area contributed by atoms with Gasteiger partial charge in [-0.3, -0.25) is 0 Å². The standard InChI is InChI=1S/C14H14/c1-2-3-6-12-9-10-13-7-4-5-8-14(13)11-12/h2,4-5,7-11H,1,3,6H2. The number of hydrogen-bond acceptors (Lipinski definition) is 0. The lowest BCUT2D eigenvalue weighted by atomic mass is 10.0. The molecule has 0 aliphatic heterocycles. The zero-order valence-electron chi connectivity index (χ0n) is 8.24. The number of hydrogen-bond donors (Lipinski definition) is 0. The summed E-state index contributed by atoms with van der Waals surface area (Å²) < 4.78 is 0. The van der Waals surface area contributed by atoms with Crippen molar-refractivity contribution in [1.29, 1.82) is 0 Å². The fraction of sp³-hybridized carbons (Fsp3) is 0.143. The molecule has 70 valence electrons. The van der Waals surface area contributed by atoms with E-state index in [0.29, 0.717) is 0 Å². The van der Waals surface area contributed by atoms with Gasteiger partial charge in [-0.25, -0.2) is 0 Å². The maximum atomic E-state index is 3.74. The van der Waals surface area contributed by atoms with Crippen LogP contribution in [-0.4, -0.2) is 0 Å². The van der Waals surface area contributed by atoms with Crippen LogP contribution in [0.2, 0.25) is 0 Å². The highest BCUT2D eigenvalue weighted by Gasteiger charge is 1.94. The Balaban J connectivity index is 2.36. The molecule has 0 N–H and O–H groups in total. The van der Waals surface area contributed by atoms with E-state index in [2.05, 4.69) is 49.0 Å². The maximum Gasteiger partial charge on any atom is -0.0181 e. The highest BCUT2D eigenvalue weighted by atomic mass is 14.0. The van der Waals surface area contributed by atoms with E-state index >= 15 is 0 Å². The molecule has 0 saturated carbocycles. The van der Waals surface area contributed by atoms with E-state index in [-0.39, 0.29) is 0 Å². The second-order valence-electron chi connectivity index (χ2n) is 3.51. The normalized spacial score (nSPS) is 10.3. The molecule has 2 rings (SSSR count). The Morgan fingerprint density at radius 2 is 1.79 bits per heavy atom. The minimum atomic E-state index is 1.05. The summed E-state index contributed by atoms with van der Waals surface area (Å²) >= 11 is 0. The number of allylic oxidation sites excluding steroid dienone is 1. The first kappa shape index (κ1) is 9.01. The second-order valence-corrected chi connectivity index (χ2v) is 3.51. The molecule has 0 fully saturated rings. The number of benzene rings is 2. The molecule has 0 aliphatic rings. The van der Waals surface area contributed by atoms with Crippen LogP contribution in [0.3, 0.4) is 0 Å². The third-order valence-electron chi connectivity index (χ3n) is 2.45. The third-order valence-corrected chi connectivity index (χ3v) is 2.45. The van der Waals surface area contributed by atoms with Gasteiger partial charge in [0.15, 0.2) is 0 Å². The molecule has 0 spiro atoms. The van der Waals surface area contributed by atoms with Crippen molar-refractivity contribution >= 4 is 10.8 Å². The lowest BCUT2D eigenvalue weighted by Crippen LogP contribution is -1.83. The summed E-state index contributed by atoms with van der Waals surface area (Å²) in [5.41, 5.74) is 1.39. The second kappa shape index (κ2) is 4.10. The van der Waals surface area contributed by atoms with Gasteiger partial charge >= 0.3 is 0 Å². The minimum Gasteiger partial charge on any atom is -0.103 e. The fourth-order valence-corrected chi connectivity index (χ4v) is 1.66. The molecular weight excluding hydrogens is 168 g/mol. The van der Waals surface area contributed by atoms with Gasteiger partial charge in [0, 0.05) is 0 Å². The van der Waals surface area contributed by atoms with E-state index in [1.165, 1.54) is 16.3 Å². The van der Waals surface area contributed by atoms with Crippen LogP contribution < -0.4 is 0 Å². The van der Waals surface area contributed by atoms with Crippen LogP contribution in [0.1, 0.15) is 12.0 Å². The monoisotopic (exact) mass is 182 g/mol. The molecule has 2 aromatic rings. The highest BCUT2D eigenvalue weighted by molar-refractivity contribution is 5.82. The molecule has 0 nitrogen and oxygen atoms in total. The van der Waals surface area contributed by atoms with Crippen molar-refractivity contribution in [1.82, 2.24) is 0 Å². The number of aryl methyl sites for hydroxylation is 1. The Bertz CT molecular complexity index is 440. The number of fused-ring (bicyclic) bond motifs is 1. The van der Waals surface area contributed by atoms with Crippen molar-refractivity contribution in [2.75, 3.05) is 0 Å². The van der Waals surface area contributed by atoms with E-state index in [0.717, 1.165) is 12.8 Å². The van der Waals surface area contributed by atoms with E-state index in [9.17, 15) is 0 Å². The zero-order valence-corrected chi connectivity index (χ0v) is 8.24. The smallest absolute Gasteiger partial charge is 0.0181 e. The predicted molar refractivity (Wildman–Crippen MR) is 62.5 cm³/mol. The molecule has 0 atom stereocenters. The topological polar surface area (TPSA) is 0 Å². The predicted octanol–water partition coefficient (Wildman–Crippen LogP) is 3.96. The van der Waals surface area contributed by atoms with Crippen LogP contribution in [0.15, 0.2) is 55.1 Å². The van der Waals surface area contributed by atoms with Crippen LogP contribution in [0, 0.1) is 0 Å². The summed E-state index contributed by atoms with van der Waals surface area (Å²) in [6.07, 6.45) is 4.11. The van der Waals surface area contributed by atoms with Crippen molar-refractivity contribution in [3.05, 3.63) is 60.7 Å². The lowest BCUT2D eigenvalue weighted by Gasteiger charge is -2.01. The van der Waals surface area contributed by atoms with E-state index < -0.39 is 0 Å². The van der Waals surface area contributed by atoms with Gasteiger partial charge in [-0.05, 0) is 29.2 Å². The van der Waals surface area contributed by atoms with Crippen molar-refractivity contribution in [3.8, 4) is 0 Å². The average molecular weight is 182 g/mol. The lowest BCUT2D eigenvalue weighted by molar-refractivity contribution is 1.01. The molecule has 0 heterocycles. The molecule has 0 bridgehead atoms. The molecule has 0 radical (unpaired) electrons. The van der Waals surface area contributed by atoms with Crippen molar-refractivity contribution < 1.29 is 0 Å². The summed E-state index contributed by atoms with van der Waals surface area (Å²) in [6.45, 7) is 3.74. The van der Waals surface area contributed by atoms with Crippen LogP contribution in [0.4, 0.5) is 0 Å². The first-order valence-electron chi connectivity index (χ1n) is 4.99. The quantitative estimate of drug-likeness (QED) is 0.630. The van der Waals surface area contributed by atoms with Gasteiger partial charge < -0.3 is 0 Å². The fourth-order valence-electron chi connectivity index (χ4n) is 1.66. The van der Waals surface area contributed by atoms with Gasteiger partial charge in [-0.15, -0.1) is 6.58 Å². The van der Waals surface area contributed by atoms with E-state index in [1.54, 1.807) is 0 Å². The Hall–Kier alpha value is -1.56. The molecule has 0 aliphatic carbocycles. The van der Waals surface area contributed by atoms with Gasteiger partial charge in [0.1, 0.15) is 0 Å². The number of rotatable bonds is 3. The summed E-state index contributed by atoms with van der Waals surface area (Å²) in [4.78, 5) is 0. The molecule has 0 heteroatoms. The van der Waals surface area contributed by atoms with E-state index in [1.807, 2.05) is 6.08 Å². The van der Waals surface area contributed by atoms with E-state index in [4.69, 9.17) is 0 Å². The van der Waals surface area contributed by atoms with Crippen molar-refractivity contribution in [3.63, 3.8) is 0 Å². The summed E-state index contributed by atoms with van der Waals surface area (Å²) in [5.74, 6) is 0. The van der Waals surface area contributed by atoms with Gasteiger partial charge in [-0.2, -0.15) is 0 Å². The van der Waals surface area contributed by atoms with Crippen LogP contribution in [0.5, 0.6) is 0 Å². The van der Waals surface area contributed by atoms with Gasteiger partial charge in [0.2, 0.25) is 0 Å². The Morgan fingerprint density at radius 1 is 1.00 bits per heavy atom. The molecule has 0 aromatic heterocycles. The molecule has 14 heavy (non-hydrogen) atoms. The Labute approximate surface area is 84.9 Å². The summed E-state index contributed by atoms with van der Waals surface area (Å²) in [5, 5.41) is 2.64. The van der Waals surface area contributed by atoms with Gasteiger partial charge in [0.25, 0.3) is 0 Å². The van der Waals surface area contributed by atoms with Crippen molar-refractivity contribution in [2.45, 2.75) is 12.8 Å². The molecular formula is C14H14. The highest BCUT2D eigenvalue weighted by Crippen LogP contribution is 2.16. The summed E-state index contributed by atoms with van der Waals surface area (Å²) in [7, 11) is 0. The molecule has 0 saturated heterocycles. The molecule has 0 amide bonds. The Kier molecular flexibility index (Phi) is 2.64. The first-order chi connectivity index (χ1) is 6.90. The van der Waals surface area contributed by atoms with Gasteiger partial charge in [-0.1, -0.05) is 48.5 Å². The van der Waals surface area contributed by atoms with Crippen LogP contribution in [-0.2, 0) is 6.42 Å². The summed E-state index contributed by atoms with van der Waals surface area (Å²) in [6, 6.07) is 15.1. The van der Waals surface area contributed by atoms with Crippen LogP contribution >= 0.6 is 0 Å². The Morgan fingerprint density at radius 3 is 2.57 bits per heavy atom. The third kappa shape index (κ3) is 1.85. The molecule has 2 aromatic carbocycles. The largest absolute Gasteiger partial charge is 0.103 e. The van der Waals surface area contributed by atoms with Crippen molar-refractivity contribution in [2.24, 2.45) is 0 Å². The zero-order chi connectivity index (χ0) is 9.80. The minimum absolute atomic E-state index is 1.05. The maximum absolute atomic E-state index is 3.74. The average Bonchev–Trinajstić information content (AvgIpc) is 2.26. The molecule has 0 unspecified atom stereocenters. The van der Waals surface area contributed by atoms with Gasteiger partial charge in [0.05, 0.1) is 0 Å². The first-order valence-corrected chi connectivity index (χ1v) is 4.99. The van der Waals surface area contributed by atoms with Crippen LogP contribution in [0.25, 0.3) is 10.8 Å². The SMILES string of the molecule is C=CCCc1ccc2ccccc2c1.